The molecule has 0 bridgehead atoms. The fourth-order valence-electron chi connectivity index (χ4n) is 2.55. The highest BCUT2D eigenvalue weighted by molar-refractivity contribution is 5.41. The van der Waals surface area contributed by atoms with Crippen molar-refractivity contribution in [2.75, 3.05) is 6.54 Å². The predicted molar refractivity (Wildman–Crippen MR) is 85.1 cm³/mol. The number of aryl methyl sites for hydroxylation is 1. The van der Waals surface area contributed by atoms with Gasteiger partial charge in [0.2, 0.25) is 0 Å². The van der Waals surface area contributed by atoms with E-state index in [0.29, 0.717) is 5.92 Å². The third kappa shape index (κ3) is 4.38. The van der Waals surface area contributed by atoms with E-state index in [0.717, 1.165) is 25.3 Å². The van der Waals surface area contributed by atoms with Crippen molar-refractivity contribution in [1.82, 2.24) is 5.32 Å². The lowest BCUT2D eigenvalue weighted by atomic mass is 10.0. The zero-order valence-corrected chi connectivity index (χ0v) is 13.0. The number of nitrogens with one attached hydrogen (secondary N) is 1. The van der Waals surface area contributed by atoms with Crippen molar-refractivity contribution in [3.05, 3.63) is 41.5 Å². The molecule has 0 heterocycles. The number of ether oxygens (including phenoxy) is 1. The highest BCUT2D eigenvalue weighted by Crippen LogP contribution is 2.27. The van der Waals surface area contributed by atoms with Crippen LogP contribution >= 0.6 is 0 Å². The smallest absolute Gasteiger partial charge is 0.127 e. The fraction of sp³-hybridized carbons (Fsp3) is 0.556. The standard InChI is InChI=1S/C18H27NO/c1-14(2)12-19-13-16-9-7-8-15(3)18(16)20-17-10-5-4-6-11-17/h5,7-10,14,17,19H,4,6,11-13H2,1-3H3. The molecule has 1 aliphatic rings. The maximum atomic E-state index is 6.25. The van der Waals surface area contributed by atoms with Crippen LogP contribution in [-0.4, -0.2) is 12.6 Å². The Kier molecular flexibility index (Phi) is 5.66. The van der Waals surface area contributed by atoms with Crippen molar-refractivity contribution in [2.24, 2.45) is 5.92 Å². The van der Waals surface area contributed by atoms with E-state index in [4.69, 9.17) is 4.74 Å². The van der Waals surface area contributed by atoms with Crippen molar-refractivity contribution in [3.63, 3.8) is 0 Å². The summed E-state index contributed by atoms with van der Waals surface area (Å²) in [6.07, 6.45) is 8.24. The van der Waals surface area contributed by atoms with Gasteiger partial charge in [-0.2, -0.15) is 0 Å². The van der Waals surface area contributed by atoms with Crippen LogP contribution < -0.4 is 10.1 Å². The topological polar surface area (TPSA) is 21.3 Å². The van der Waals surface area contributed by atoms with Crippen molar-refractivity contribution in [3.8, 4) is 5.75 Å². The Morgan fingerprint density at radius 1 is 1.35 bits per heavy atom. The van der Waals surface area contributed by atoms with Gasteiger partial charge in [0, 0.05) is 12.1 Å². The maximum Gasteiger partial charge on any atom is 0.127 e. The second-order valence-electron chi connectivity index (χ2n) is 6.10. The predicted octanol–water partition coefficient (Wildman–Crippen LogP) is 4.23. The molecule has 1 N–H and O–H groups in total. The number of hydrogen-bond acceptors (Lipinski definition) is 2. The Hall–Kier alpha value is -1.28. The maximum absolute atomic E-state index is 6.25. The summed E-state index contributed by atoms with van der Waals surface area (Å²) in [6, 6.07) is 6.42. The van der Waals surface area contributed by atoms with Crippen LogP contribution in [-0.2, 0) is 6.54 Å². The van der Waals surface area contributed by atoms with Crippen LogP contribution in [0.25, 0.3) is 0 Å². The zero-order valence-electron chi connectivity index (χ0n) is 13.0. The second-order valence-corrected chi connectivity index (χ2v) is 6.10. The molecule has 0 amide bonds. The van der Waals surface area contributed by atoms with Crippen molar-refractivity contribution < 1.29 is 4.74 Å². The molecule has 0 saturated heterocycles. The minimum Gasteiger partial charge on any atom is -0.486 e. The van der Waals surface area contributed by atoms with Crippen LogP contribution in [0.4, 0.5) is 0 Å². The van der Waals surface area contributed by atoms with Crippen LogP contribution in [0, 0.1) is 12.8 Å². The Morgan fingerprint density at radius 2 is 2.20 bits per heavy atom. The number of para-hydroxylation sites is 1. The molecule has 2 heteroatoms. The molecule has 0 fully saturated rings. The normalized spacial score (nSPS) is 18.5. The summed E-state index contributed by atoms with van der Waals surface area (Å²) < 4.78 is 6.25. The summed E-state index contributed by atoms with van der Waals surface area (Å²) in [5.41, 5.74) is 2.50. The summed E-state index contributed by atoms with van der Waals surface area (Å²) in [4.78, 5) is 0. The zero-order chi connectivity index (χ0) is 14.4. The fourth-order valence-corrected chi connectivity index (χ4v) is 2.55. The molecular formula is C18H27NO. The van der Waals surface area contributed by atoms with Crippen LogP contribution in [0.3, 0.4) is 0 Å². The van der Waals surface area contributed by atoms with E-state index in [9.17, 15) is 0 Å². The quantitative estimate of drug-likeness (QED) is 0.783. The molecule has 0 radical (unpaired) electrons. The highest BCUT2D eigenvalue weighted by Gasteiger charge is 2.14. The van der Waals surface area contributed by atoms with Gasteiger partial charge >= 0.3 is 0 Å². The van der Waals surface area contributed by atoms with Gasteiger partial charge in [0.25, 0.3) is 0 Å². The van der Waals surface area contributed by atoms with E-state index in [1.807, 2.05) is 0 Å². The number of rotatable bonds is 6. The van der Waals surface area contributed by atoms with Crippen molar-refractivity contribution >= 4 is 0 Å². The molecule has 0 spiro atoms. The van der Waals surface area contributed by atoms with Crippen molar-refractivity contribution in [1.29, 1.82) is 0 Å². The van der Waals surface area contributed by atoms with Crippen LogP contribution in [0.1, 0.15) is 44.2 Å². The van der Waals surface area contributed by atoms with Crippen LogP contribution in [0.5, 0.6) is 5.75 Å². The highest BCUT2D eigenvalue weighted by atomic mass is 16.5. The van der Waals surface area contributed by atoms with Gasteiger partial charge in [-0.25, -0.2) is 0 Å². The molecule has 0 aromatic heterocycles. The number of hydrogen-bond donors (Lipinski definition) is 1. The van der Waals surface area contributed by atoms with E-state index in [-0.39, 0.29) is 6.10 Å². The number of allylic oxidation sites excluding steroid dienone is 1. The minimum atomic E-state index is 0.244. The Balaban J connectivity index is 2.05. The first-order chi connectivity index (χ1) is 9.66. The van der Waals surface area contributed by atoms with E-state index >= 15 is 0 Å². The van der Waals surface area contributed by atoms with Gasteiger partial charge in [0.1, 0.15) is 11.9 Å². The first-order valence-electron chi connectivity index (χ1n) is 7.79. The average Bonchev–Trinajstić information content (AvgIpc) is 2.43. The average molecular weight is 273 g/mol. The molecule has 1 aliphatic carbocycles. The molecule has 2 nitrogen and oxygen atoms in total. The van der Waals surface area contributed by atoms with Gasteiger partial charge in [-0.1, -0.05) is 38.1 Å². The molecule has 1 aromatic carbocycles. The molecular weight excluding hydrogens is 246 g/mol. The summed E-state index contributed by atoms with van der Waals surface area (Å²) in [7, 11) is 0. The third-order valence-electron chi connectivity index (χ3n) is 3.64. The lowest BCUT2D eigenvalue weighted by Gasteiger charge is -2.22. The molecule has 0 saturated carbocycles. The summed E-state index contributed by atoms with van der Waals surface area (Å²) in [5, 5.41) is 3.51. The number of benzene rings is 1. The van der Waals surface area contributed by atoms with E-state index < -0.39 is 0 Å². The minimum absolute atomic E-state index is 0.244. The van der Waals surface area contributed by atoms with Gasteiger partial charge in [-0.3, -0.25) is 0 Å². The molecule has 2 rings (SSSR count). The van der Waals surface area contributed by atoms with Gasteiger partial charge in [0.15, 0.2) is 0 Å². The largest absolute Gasteiger partial charge is 0.486 e. The van der Waals surface area contributed by atoms with Gasteiger partial charge in [-0.15, -0.1) is 0 Å². The summed E-state index contributed by atoms with van der Waals surface area (Å²) in [5.74, 6) is 1.74. The molecule has 110 valence electrons. The molecule has 1 atom stereocenters. The lowest BCUT2D eigenvalue weighted by molar-refractivity contribution is 0.225. The Morgan fingerprint density at radius 3 is 2.90 bits per heavy atom. The van der Waals surface area contributed by atoms with E-state index in [1.165, 1.54) is 24.0 Å². The molecule has 20 heavy (non-hydrogen) atoms. The first kappa shape index (κ1) is 15.1. The Bertz CT molecular complexity index is 451. The van der Waals surface area contributed by atoms with Crippen molar-refractivity contribution in [2.45, 2.75) is 52.7 Å². The summed E-state index contributed by atoms with van der Waals surface area (Å²) >= 11 is 0. The van der Waals surface area contributed by atoms with Gasteiger partial charge in [0.05, 0.1) is 0 Å². The van der Waals surface area contributed by atoms with Crippen LogP contribution in [0.15, 0.2) is 30.4 Å². The second kappa shape index (κ2) is 7.49. The lowest BCUT2D eigenvalue weighted by Crippen LogP contribution is -2.21. The SMILES string of the molecule is Cc1cccc(CNCC(C)C)c1OC1C=CCCC1. The molecule has 1 aromatic rings. The van der Waals surface area contributed by atoms with E-state index in [1.54, 1.807) is 0 Å². The molecule has 0 aliphatic heterocycles. The molecule has 1 unspecified atom stereocenters. The first-order valence-corrected chi connectivity index (χ1v) is 7.79. The third-order valence-corrected chi connectivity index (χ3v) is 3.64. The van der Waals surface area contributed by atoms with Gasteiger partial charge < -0.3 is 10.1 Å². The van der Waals surface area contributed by atoms with E-state index in [2.05, 4.69) is 56.4 Å². The Labute approximate surface area is 123 Å². The van der Waals surface area contributed by atoms with Gasteiger partial charge in [-0.05, 0) is 50.3 Å². The monoisotopic (exact) mass is 273 g/mol. The van der Waals surface area contributed by atoms with Crippen LogP contribution in [0.2, 0.25) is 0 Å². The summed E-state index contributed by atoms with van der Waals surface area (Å²) in [6.45, 7) is 8.51.